The molecule has 6 nitrogen and oxygen atoms in total. The monoisotopic (exact) mass is 352 g/mol. The molecule has 1 N–H and O–H groups in total. The summed E-state index contributed by atoms with van der Waals surface area (Å²) in [4.78, 5) is 20.6. The second-order valence-electron chi connectivity index (χ2n) is 7.26. The van der Waals surface area contributed by atoms with Gasteiger partial charge in [0.2, 0.25) is 0 Å². The van der Waals surface area contributed by atoms with Gasteiger partial charge < -0.3 is 9.72 Å². The molecular formula is C20H24N4O2. The zero-order valence-corrected chi connectivity index (χ0v) is 15.5. The number of nitrogens with zero attached hydrogens (tertiary/aromatic N) is 3. The lowest BCUT2D eigenvalue weighted by atomic mass is 9.87. The Kier molecular flexibility index (Phi) is 4.26. The number of H-pyrrole nitrogens is 1. The first-order valence-electron chi connectivity index (χ1n) is 9.21. The number of nitrogens with one attached hydrogen (secondary N) is 1. The van der Waals surface area contributed by atoms with Crippen LogP contribution in [-0.4, -0.2) is 26.9 Å². The molecule has 136 valence electrons. The first kappa shape index (κ1) is 16.8. The van der Waals surface area contributed by atoms with Crippen LogP contribution in [0.1, 0.15) is 44.3 Å². The maximum Gasteiger partial charge on any atom is 0.277 e. The standard InChI is InChI=1S/C20H24N4O2/c1-12-8-10-14(11-9-12)24-18-17(13(2)23-24)21-19(22-20(18)25)15-6-4-5-7-16(15)26-3/h4-7,12,14H,8-11H2,1-3H3,(H,21,22,25)/t12-,14-. The number of benzene rings is 1. The molecule has 0 amide bonds. The molecule has 1 saturated carbocycles. The van der Waals surface area contributed by atoms with Crippen molar-refractivity contribution in [2.75, 3.05) is 7.11 Å². The Labute approximate surface area is 152 Å². The van der Waals surface area contributed by atoms with Crippen molar-refractivity contribution in [2.45, 2.75) is 45.6 Å². The van der Waals surface area contributed by atoms with E-state index in [0.717, 1.165) is 30.0 Å². The SMILES string of the molecule is COc1ccccc1-c1nc2c(C)nn([C@H]3CC[C@H](C)CC3)c2c(=O)[nH]1. The molecule has 0 atom stereocenters. The highest BCUT2D eigenvalue weighted by Crippen LogP contribution is 2.34. The van der Waals surface area contributed by atoms with Crippen LogP contribution in [0.25, 0.3) is 22.4 Å². The van der Waals surface area contributed by atoms with Crippen LogP contribution in [0.5, 0.6) is 5.75 Å². The van der Waals surface area contributed by atoms with Gasteiger partial charge in [-0.15, -0.1) is 0 Å². The smallest absolute Gasteiger partial charge is 0.277 e. The third kappa shape index (κ3) is 2.79. The van der Waals surface area contributed by atoms with Crippen LogP contribution in [-0.2, 0) is 0 Å². The van der Waals surface area contributed by atoms with Gasteiger partial charge in [0.1, 0.15) is 17.1 Å². The first-order chi connectivity index (χ1) is 12.6. The number of para-hydroxylation sites is 1. The Morgan fingerprint density at radius 3 is 2.65 bits per heavy atom. The van der Waals surface area contributed by atoms with Gasteiger partial charge in [0.25, 0.3) is 5.56 Å². The summed E-state index contributed by atoms with van der Waals surface area (Å²) < 4.78 is 7.32. The predicted octanol–water partition coefficient (Wildman–Crippen LogP) is 3.85. The molecule has 0 aliphatic heterocycles. The molecule has 1 fully saturated rings. The predicted molar refractivity (Wildman–Crippen MR) is 102 cm³/mol. The average Bonchev–Trinajstić information content (AvgIpc) is 2.99. The molecule has 3 aromatic rings. The fourth-order valence-corrected chi connectivity index (χ4v) is 3.91. The second-order valence-corrected chi connectivity index (χ2v) is 7.26. The average molecular weight is 352 g/mol. The molecule has 0 bridgehead atoms. The van der Waals surface area contributed by atoms with Crippen molar-refractivity contribution in [1.82, 2.24) is 19.7 Å². The molecule has 6 heteroatoms. The summed E-state index contributed by atoms with van der Waals surface area (Å²) in [6.07, 6.45) is 4.47. The lowest BCUT2D eigenvalue weighted by Crippen LogP contribution is -2.21. The molecule has 4 rings (SSSR count). The number of hydrogen-bond acceptors (Lipinski definition) is 4. The maximum atomic E-state index is 12.9. The normalized spacial score (nSPS) is 20.4. The van der Waals surface area contributed by atoms with Gasteiger partial charge in [-0.1, -0.05) is 19.1 Å². The zero-order chi connectivity index (χ0) is 18.3. The van der Waals surface area contributed by atoms with Gasteiger partial charge in [-0.05, 0) is 50.7 Å². The van der Waals surface area contributed by atoms with E-state index < -0.39 is 0 Å². The molecule has 0 spiro atoms. The number of aromatic amines is 1. The highest BCUT2D eigenvalue weighted by atomic mass is 16.5. The van der Waals surface area contributed by atoms with Crippen LogP contribution >= 0.6 is 0 Å². The van der Waals surface area contributed by atoms with Crippen molar-refractivity contribution >= 4 is 11.0 Å². The topological polar surface area (TPSA) is 72.8 Å². The van der Waals surface area contributed by atoms with Crippen molar-refractivity contribution < 1.29 is 4.74 Å². The van der Waals surface area contributed by atoms with E-state index >= 15 is 0 Å². The molecular weight excluding hydrogens is 328 g/mol. The number of hydrogen-bond donors (Lipinski definition) is 1. The van der Waals surface area contributed by atoms with Crippen LogP contribution in [0, 0.1) is 12.8 Å². The minimum absolute atomic E-state index is 0.143. The Morgan fingerprint density at radius 1 is 1.19 bits per heavy atom. The van der Waals surface area contributed by atoms with Crippen LogP contribution in [0.15, 0.2) is 29.1 Å². The van der Waals surface area contributed by atoms with Crippen LogP contribution < -0.4 is 10.3 Å². The quantitative estimate of drug-likeness (QED) is 0.777. The fourth-order valence-electron chi connectivity index (χ4n) is 3.91. The van der Waals surface area contributed by atoms with E-state index in [1.807, 2.05) is 35.9 Å². The van der Waals surface area contributed by atoms with Gasteiger partial charge >= 0.3 is 0 Å². The van der Waals surface area contributed by atoms with E-state index in [-0.39, 0.29) is 11.6 Å². The number of fused-ring (bicyclic) bond motifs is 1. The Morgan fingerprint density at radius 2 is 1.92 bits per heavy atom. The molecule has 0 saturated heterocycles. The van der Waals surface area contributed by atoms with E-state index in [1.165, 1.54) is 12.8 Å². The third-order valence-electron chi connectivity index (χ3n) is 5.42. The van der Waals surface area contributed by atoms with Crippen molar-refractivity contribution in [3.05, 3.63) is 40.3 Å². The second kappa shape index (κ2) is 6.59. The van der Waals surface area contributed by atoms with Gasteiger partial charge in [0, 0.05) is 0 Å². The molecule has 2 heterocycles. The van der Waals surface area contributed by atoms with Gasteiger partial charge in [0.05, 0.1) is 24.4 Å². The van der Waals surface area contributed by atoms with Gasteiger partial charge in [0.15, 0.2) is 5.52 Å². The number of rotatable bonds is 3. The summed E-state index contributed by atoms with van der Waals surface area (Å²) in [7, 11) is 1.61. The Hall–Kier alpha value is -2.63. The van der Waals surface area contributed by atoms with Gasteiger partial charge in [-0.3, -0.25) is 9.48 Å². The molecule has 1 aliphatic rings. The summed E-state index contributed by atoms with van der Waals surface area (Å²) in [6, 6.07) is 7.83. The maximum absolute atomic E-state index is 12.9. The number of aryl methyl sites for hydroxylation is 1. The zero-order valence-electron chi connectivity index (χ0n) is 15.5. The number of aromatic nitrogens is 4. The molecule has 2 aromatic heterocycles. The first-order valence-corrected chi connectivity index (χ1v) is 9.21. The van der Waals surface area contributed by atoms with E-state index in [4.69, 9.17) is 9.72 Å². The van der Waals surface area contributed by atoms with Crippen molar-refractivity contribution in [3.8, 4) is 17.1 Å². The van der Waals surface area contributed by atoms with Crippen LogP contribution in [0.4, 0.5) is 0 Å². The van der Waals surface area contributed by atoms with Gasteiger partial charge in [-0.2, -0.15) is 5.10 Å². The van der Waals surface area contributed by atoms with Crippen molar-refractivity contribution in [1.29, 1.82) is 0 Å². The number of ether oxygens (including phenoxy) is 1. The third-order valence-corrected chi connectivity index (χ3v) is 5.42. The van der Waals surface area contributed by atoms with E-state index in [9.17, 15) is 4.79 Å². The van der Waals surface area contributed by atoms with Crippen LogP contribution in [0.3, 0.4) is 0 Å². The Bertz CT molecular complexity index is 997. The number of methoxy groups -OCH3 is 1. The fraction of sp³-hybridized carbons (Fsp3) is 0.450. The van der Waals surface area contributed by atoms with E-state index in [0.29, 0.717) is 22.6 Å². The largest absolute Gasteiger partial charge is 0.496 e. The van der Waals surface area contributed by atoms with Gasteiger partial charge in [-0.25, -0.2) is 4.98 Å². The van der Waals surface area contributed by atoms with E-state index in [2.05, 4.69) is 17.0 Å². The lowest BCUT2D eigenvalue weighted by molar-refractivity contribution is 0.278. The summed E-state index contributed by atoms with van der Waals surface area (Å²) >= 11 is 0. The summed E-state index contributed by atoms with van der Waals surface area (Å²) in [5.74, 6) is 1.95. The minimum Gasteiger partial charge on any atom is -0.496 e. The lowest BCUT2D eigenvalue weighted by Gasteiger charge is -2.26. The molecule has 26 heavy (non-hydrogen) atoms. The van der Waals surface area contributed by atoms with Crippen molar-refractivity contribution in [2.24, 2.45) is 5.92 Å². The van der Waals surface area contributed by atoms with Crippen LogP contribution in [0.2, 0.25) is 0 Å². The summed E-state index contributed by atoms with van der Waals surface area (Å²) in [5.41, 5.74) is 2.68. The minimum atomic E-state index is -0.143. The molecule has 1 aromatic carbocycles. The molecule has 0 unspecified atom stereocenters. The summed E-state index contributed by atoms with van der Waals surface area (Å²) in [6.45, 7) is 4.21. The highest BCUT2D eigenvalue weighted by molar-refractivity contribution is 5.79. The van der Waals surface area contributed by atoms with Crippen molar-refractivity contribution in [3.63, 3.8) is 0 Å². The highest BCUT2D eigenvalue weighted by Gasteiger charge is 2.25. The Balaban J connectivity index is 1.84. The molecule has 0 radical (unpaired) electrons. The summed E-state index contributed by atoms with van der Waals surface area (Å²) in [5, 5.41) is 4.68. The molecule has 1 aliphatic carbocycles. The van der Waals surface area contributed by atoms with E-state index in [1.54, 1.807) is 7.11 Å².